The van der Waals surface area contributed by atoms with Crippen molar-refractivity contribution in [1.29, 1.82) is 0 Å². The smallest absolute Gasteiger partial charge is 0.410 e. The van der Waals surface area contributed by atoms with Gasteiger partial charge in [-0.25, -0.2) is 18.2 Å². The van der Waals surface area contributed by atoms with Crippen LogP contribution in [0.15, 0.2) is 30.7 Å². The van der Waals surface area contributed by atoms with E-state index in [0.29, 0.717) is 37.2 Å². The average Bonchev–Trinajstić information content (AvgIpc) is 4.08. The third kappa shape index (κ3) is 9.41. The van der Waals surface area contributed by atoms with Crippen molar-refractivity contribution >= 4 is 45.4 Å². The van der Waals surface area contributed by atoms with Crippen molar-refractivity contribution in [3.8, 4) is 11.5 Å². The predicted molar refractivity (Wildman–Crippen MR) is 225 cm³/mol. The van der Waals surface area contributed by atoms with Gasteiger partial charge in [-0.2, -0.15) is 0 Å². The second-order valence-corrected chi connectivity index (χ2v) is 21.4. The van der Waals surface area contributed by atoms with Crippen molar-refractivity contribution in [3.05, 3.63) is 47.5 Å². The quantitative estimate of drug-likeness (QED) is 0.250. The van der Waals surface area contributed by atoms with E-state index in [9.17, 15) is 32.4 Å². The minimum absolute atomic E-state index is 0.0500. The van der Waals surface area contributed by atoms with Crippen LogP contribution in [-0.4, -0.2) is 100 Å². The lowest BCUT2D eigenvalue weighted by atomic mass is 9.74. The summed E-state index contributed by atoms with van der Waals surface area (Å²) in [5.41, 5.74) is -0.243. The third-order valence-electron chi connectivity index (χ3n) is 14.0. The van der Waals surface area contributed by atoms with Crippen LogP contribution in [0.4, 0.5) is 4.79 Å². The number of ether oxygens (including phenoxy) is 3. The van der Waals surface area contributed by atoms with E-state index < -0.39 is 79.8 Å². The van der Waals surface area contributed by atoms with Crippen molar-refractivity contribution in [2.24, 2.45) is 28.6 Å². The molecular weight excluding hydrogens is 833 g/mol. The number of aromatic nitrogens is 2. The Hall–Kier alpha value is -5.13. The molecular formula is C45H58N6O11S. The molecule has 18 heteroatoms. The number of carbonyl (C=O) groups is 6. The number of Topliss-reactive ketones (excluding diaryl/α,β-unsaturated/α-hetero) is 2. The van der Waals surface area contributed by atoms with E-state index in [4.69, 9.17) is 14.2 Å². The van der Waals surface area contributed by atoms with E-state index >= 15 is 4.79 Å². The van der Waals surface area contributed by atoms with Gasteiger partial charge < -0.3 is 24.4 Å². The fourth-order valence-corrected chi connectivity index (χ4v) is 11.4. The third-order valence-corrected chi connectivity index (χ3v) is 15.8. The number of hydrogen-bond donors (Lipinski definition) is 2. The van der Waals surface area contributed by atoms with Gasteiger partial charge in [0.05, 0.1) is 35.5 Å². The molecule has 2 N–H and O–H groups in total. The Balaban J connectivity index is 1.04. The minimum Gasteiger partial charge on any atom is -0.454 e. The Kier molecular flexibility index (Phi) is 12.3. The number of likely N-dealkylation sites (tertiary alicyclic amines) is 1. The summed E-state index contributed by atoms with van der Waals surface area (Å²) < 4.78 is 45.1. The molecule has 1 aromatic heterocycles. The molecule has 8 rings (SSSR count). The van der Waals surface area contributed by atoms with Gasteiger partial charge in [0.25, 0.3) is 5.91 Å². The summed E-state index contributed by atoms with van der Waals surface area (Å²) in [5, 5.41) is 2.29. The summed E-state index contributed by atoms with van der Waals surface area (Å²) in [6, 6.07) is 1.66. The lowest BCUT2D eigenvalue weighted by Crippen LogP contribution is -2.51. The van der Waals surface area contributed by atoms with E-state index in [2.05, 4.69) is 20.0 Å². The Labute approximate surface area is 367 Å². The number of rotatable bonds is 15. The average molecular weight is 891 g/mol. The summed E-state index contributed by atoms with van der Waals surface area (Å²) in [7, 11) is -3.89. The van der Waals surface area contributed by atoms with Crippen LogP contribution in [-0.2, 0) is 47.0 Å². The number of sulfonamides is 1. The molecule has 1 aromatic carbocycles. The molecule has 6 aliphatic rings. The molecule has 0 radical (unpaired) electrons. The molecule has 4 fully saturated rings. The van der Waals surface area contributed by atoms with Crippen LogP contribution in [0.2, 0.25) is 0 Å². The van der Waals surface area contributed by atoms with E-state index in [1.165, 1.54) is 28.4 Å². The molecule has 63 heavy (non-hydrogen) atoms. The molecule has 2 aromatic rings. The summed E-state index contributed by atoms with van der Waals surface area (Å²) in [4.78, 5) is 96.3. The van der Waals surface area contributed by atoms with Crippen molar-refractivity contribution in [2.75, 3.05) is 13.3 Å². The molecule has 4 heterocycles. The summed E-state index contributed by atoms with van der Waals surface area (Å²) >= 11 is 0. The second-order valence-electron chi connectivity index (χ2n) is 19.4. The Bertz CT molecular complexity index is 2220. The van der Waals surface area contributed by atoms with Gasteiger partial charge in [-0.1, -0.05) is 53.4 Å². The number of carbonyl (C=O) groups excluding carboxylic acids is 6. The van der Waals surface area contributed by atoms with E-state index in [1.54, 1.807) is 0 Å². The lowest BCUT2D eigenvalue weighted by molar-refractivity contribution is -0.146. The minimum atomic E-state index is -3.89. The van der Waals surface area contributed by atoms with Gasteiger partial charge in [-0.15, -0.1) is 0 Å². The first-order chi connectivity index (χ1) is 30.0. The lowest BCUT2D eigenvalue weighted by Gasteiger charge is -2.36. The molecule has 1 saturated heterocycles. The maximum absolute atomic E-state index is 15.1. The zero-order valence-electron chi connectivity index (χ0n) is 36.4. The first kappa shape index (κ1) is 44.5. The van der Waals surface area contributed by atoms with Crippen molar-refractivity contribution in [3.63, 3.8) is 0 Å². The number of amides is 4. The summed E-state index contributed by atoms with van der Waals surface area (Å²) in [6.07, 6.45) is 8.09. The van der Waals surface area contributed by atoms with E-state index in [1.807, 2.05) is 39.8 Å². The van der Waals surface area contributed by atoms with Crippen LogP contribution >= 0.6 is 0 Å². The Morgan fingerprint density at radius 1 is 0.968 bits per heavy atom. The number of hydrogen-bond acceptors (Lipinski definition) is 13. The number of benzene rings is 1. The second kappa shape index (κ2) is 17.4. The zero-order valence-corrected chi connectivity index (χ0v) is 37.2. The van der Waals surface area contributed by atoms with Crippen molar-refractivity contribution in [2.45, 2.75) is 141 Å². The maximum Gasteiger partial charge on any atom is 0.410 e. The Morgan fingerprint density at radius 2 is 1.65 bits per heavy atom. The van der Waals surface area contributed by atoms with Gasteiger partial charge in [0.15, 0.2) is 23.1 Å². The number of nitrogens with one attached hydrogen (secondary N) is 2. The molecule has 17 nitrogen and oxygen atoms in total. The van der Waals surface area contributed by atoms with Gasteiger partial charge >= 0.3 is 6.09 Å². The van der Waals surface area contributed by atoms with Gasteiger partial charge in [-0.3, -0.25) is 38.6 Å². The van der Waals surface area contributed by atoms with Crippen LogP contribution in [0.5, 0.6) is 11.5 Å². The molecule has 3 saturated carbocycles. The number of nitrogens with zero attached hydrogens (tertiary/aromatic N) is 4. The van der Waals surface area contributed by atoms with Crippen LogP contribution in [0, 0.1) is 28.6 Å². The predicted octanol–water partition coefficient (Wildman–Crippen LogP) is 4.61. The molecule has 3 aliphatic carbocycles. The highest BCUT2D eigenvalue weighted by Gasteiger charge is 2.62. The number of fused-ring (bicyclic) bond motifs is 2. The SMILES string of the molecule is CC[C@H]1C[C@@]1(CC(=O)C1C[C@@H](OC(=O)N2Cc3cc4c(cc3C2)OCO4)CN1C(=O)[C@@H](CC(=O)[C@@H](NC(=O)c1cnccn1)C1CCCCC1)C(C)(C)C)C(=O)NS(=O)(=O)C1CC1. The van der Waals surface area contributed by atoms with E-state index in [0.717, 1.165) is 43.2 Å². The standard InChI is InChI=1S/C45H58N6O11S/c1-5-29-19-45(29,42(56)49-63(58,59)31-11-12-31)20-36(53)34-17-30(62-43(57)50-22-27-15-37-38(61-25-60-37)16-28(27)23-50)24-51(34)41(55)32(44(2,3)4)18-35(52)39(26-9-7-6-8-10-26)48-40(54)33-21-46-13-14-47-33/h13-16,21,26,29-32,34,39H,5-12,17-20,22-25H2,1-4H3,(H,48,54)(H,49,56)/t29-,30+,32+,34?,39-,45-/m0/s1. The topological polar surface area (TPSA) is 221 Å². The molecule has 6 atom stereocenters. The first-order valence-electron chi connectivity index (χ1n) is 22.3. The monoisotopic (exact) mass is 890 g/mol. The zero-order chi connectivity index (χ0) is 44.8. The van der Waals surface area contributed by atoms with Crippen LogP contribution in [0.1, 0.15) is 126 Å². The van der Waals surface area contributed by atoms with Gasteiger partial charge in [0, 0.05) is 50.7 Å². The van der Waals surface area contributed by atoms with Crippen LogP contribution < -0.4 is 19.5 Å². The maximum atomic E-state index is 15.1. The highest BCUT2D eigenvalue weighted by atomic mass is 32.2. The summed E-state index contributed by atoms with van der Waals surface area (Å²) in [6.45, 7) is 7.90. The van der Waals surface area contributed by atoms with E-state index in [-0.39, 0.29) is 69.0 Å². The molecule has 0 bridgehead atoms. The van der Waals surface area contributed by atoms with Gasteiger partial charge in [0.1, 0.15) is 11.8 Å². The molecule has 4 amide bonds. The van der Waals surface area contributed by atoms with Crippen molar-refractivity contribution in [1.82, 2.24) is 29.8 Å². The van der Waals surface area contributed by atoms with Crippen molar-refractivity contribution < 1.29 is 51.4 Å². The fraction of sp³-hybridized carbons (Fsp3) is 0.644. The first-order valence-corrected chi connectivity index (χ1v) is 23.9. The molecule has 340 valence electrons. The van der Waals surface area contributed by atoms with Crippen LogP contribution in [0.25, 0.3) is 0 Å². The normalized spacial score (nSPS) is 25.2. The largest absolute Gasteiger partial charge is 0.454 e. The van der Waals surface area contributed by atoms with Gasteiger partial charge in [0.2, 0.25) is 28.6 Å². The van der Waals surface area contributed by atoms with Crippen LogP contribution in [0.3, 0.4) is 0 Å². The van der Waals surface area contributed by atoms with Gasteiger partial charge in [-0.05, 0) is 72.6 Å². The highest BCUT2D eigenvalue weighted by Crippen LogP contribution is 2.58. The number of ketones is 2. The summed E-state index contributed by atoms with van der Waals surface area (Å²) in [5.74, 6) is -2.66. The Morgan fingerprint density at radius 3 is 2.24 bits per heavy atom. The molecule has 0 spiro atoms. The highest BCUT2D eigenvalue weighted by molar-refractivity contribution is 7.90. The fourth-order valence-electron chi connectivity index (χ4n) is 10.0. The molecule has 3 aliphatic heterocycles. The molecule has 1 unspecified atom stereocenters.